The van der Waals surface area contributed by atoms with E-state index in [0.29, 0.717) is 6.42 Å². The summed E-state index contributed by atoms with van der Waals surface area (Å²) in [6.07, 6.45) is 6.74. The standard InChI is InChI=1S/C12H23NO2/c1-4-7-9-11(14)12(10-8-5-2)15-13-6-3/h6,12H,4-5,7-10H2,1-3H3/b13-6+. The molecule has 0 aliphatic rings. The lowest BCUT2D eigenvalue weighted by Crippen LogP contribution is -2.22. The maximum absolute atomic E-state index is 11.7. The van der Waals surface area contributed by atoms with Gasteiger partial charge in [-0.05, 0) is 26.2 Å². The maximum Gasteiger partial charge on any atom is 0.185 e. The second-order valence-electron chi connectivity index (χ2n) is 3.67. The van der Waals surface area contributed by atoms with Gasteiger partial charge in [0.2, 0.25) is 0 Å². The Balaban J connectivity index is 4.01. The Bertz CT molecular complexity index is 190. The number of nitrogens with zero attached hydrogens (tertiary/aromatic N) is 1. The Labute approximate surface area is 92.9 Å². The molecule has 0 saturated heterocycles. The molecule has 0 aromatic rings. The Morgan fingerprint density at radius 2 is 2.00 bits per heavy atom. The van der Waals surface area contributed by atoms with E-state index in [9.17, 15) is 4.79 Å². The number of Topliss-reactive ketones (excluding diaryl/α,β-unsaturated/α-hetero) is 1. The number of hydrogen-bond acceptors (Lipinski definition) is 3. The molecule has 88 valence electrons. The molecule has 0 radical (unpaired) electrons. The molecule has 15 heavy (non-hydrogen) atoms. The fourth-order valence-electron chi connectivity index (χ4n) is 1.31. The highest BCUT2D eigenvalue weighted by molar-refractivity contribution is 5.83. The van der Waals surface area contributed by atoms with Gasteiger partial charge in [0, 0.05) is 12.6 Å². The minimum absolute atomic E-state index is 0.191. The lowest BCUT2D eigenvalue weighted by atomic mass is 10.0. The fraction of sp³-hybridized carbons (Fsp3) is 0.833. The zero-order valence-corrected chi connectivity index (χ0v) is 10.2. The van der Waals surface area contributed by atoms with Crippen LogP contribution >= 0.6 is 0 Å². The third-order valence-electron chi connectivity index (χ3n) is 2.25. The summed E-state index contributed by atoms with van der Waals surface area (Å²) in [5.41, 5.74) is 0. The van der Waals surface area contributed by atoms with Crippen molar-refractivity contribution in [3.05, 3.63) is 0 Å². The van der Waals surface area contributed by atoms with Crippen molar-refractivity contribution < 1.29 is 9.63 Å². The van der Waals surface area contributed by atoms with Gasteiger partial charge < -0.3 is 4.84 Å². The van der Waals surface area contributed by atoms with Crippen LogP contribution in [0.1, 0.15) is 59.3 Å². The van der Waals surface area contributed by atoms with Crippen LogP contribution < -0.4 is 0 Å². The normalized spacial score (nSPS) is 13.0. The average Bonchev–Trinajstić information content (AvgIpc) is 2.26. The van der Waals surface area contributed by atoms with Crippen LogP contribution in [0.5, 0.6) is 0 Å². The highest BCUT2D eigenvalue weighted by atomic mass is 16.6. The van der Waals surface area contributed by atoms with Gasteiger partial charge in [0.05, 0.1) is 0 Å². The maximum atomic E-state index is 11.7. The summed E-state index contributed by atoms with van der Waals surface area (Å²) in [7, 11) is 0. The predicted octanol–water partition coefficient (Wildman–Crippen LogP) is 3.33. The number of ketones is 1. The summed E-state index contributed by atoms with van der Waals surface area (Å²) in [5.74, 6) is 0.191. The average molecular weight is 213 g/mol. The van der Waals surface area contributed by atoms with Gasteiger partial charge in [-0.1, -0.05) is 31.8 Å². The second kappa shape index (κ2) is 9.69. The van der Waals surface area contributed by atoms with Gasteiger partial charge in [-0.3, -0.25) is 4.79 Å². The lowest BCUT2D eigenvalue weighted by molar-refractivity contribution is -0.131. The van der Waals surface area contributed by atoms with Crippen LogP contribution in [0, 0.1) is 0 Å². The first-order valence-electron chi connectivity index (χ1n) is 5.92. The van der Waals surface area contributed by atoms with Crippen LogP contribution in [0.15, 0.2) is 5.16 Å². The molecule has 0 aromatic carbocycles. The molecular formula is C12H23NO2. The van der Waals surface area contributed by atoms with Gasteiger partial charge in [-0.25, -0.2) is 0 Å². The summed E-state index contributed by atoms with van der Waals surface area (Å²) < 4.78 is 0. The first-order chi connectivity index (χ1) is 7.26. The zero-order valence-electron chi connectivity index (χ0n) is 10.2. The molecule has 0 N–H and O–H groups in total. The Hall–Kier alpha value is -0.860. The van der Waals surface area contributed by atoms with Crippen molar-refractivity contribution in [1.82, 2.24) is 0 Å². The van der Waals surface area contributed by atoms with Gasteiger partial charge in [0.15, 0.2) is 11.9 Å². The molecule has 0 fully saturated rings. The SMILES string of the molecule is C/C=N/OC(CCCC)C(=O)CCCC. The van der Waals surface area contributed by atoms with Crippen LogP contribution in [0.4, 0.5) is 0 Å². The minimum atomic E-state index is -0.326. The third kappa shape index (κ3) is 7.11. The fourth-order valence-corrected chi connectivity index (χ4v) is 1.31. The molecule has 0 aliphatic heterocycles. The number of carbonyl (C=O) groups excluding carboxylic acids is 1. The summed E-state index contributed by atoms with van der Waals surface area (Å²) in [6, 6.07) is 0. The number of unbranched alkanes of at least 4 members (excludes halogenated alkanes) is 2. The highest BCUT2D eigenvalue weighted by Crippen LogP contribution is 2.10. The van der Waals surface area contributed by atoms with Crippen molar-refractivity contribution >= 4 is 12.0 Å². The summed E-state index contributed by atoms with van der Waals surface area (Å²) in [5, 5.41) is 3.71. The number of oxime groups is 1. The lowest BCUT2D eigenvalue weighted by Gasteiger charge is -2.12. The van der Waals surface area contributed by atoms with E-state index in [4.69, 9.17) is 4.84 Å². The molecule has 3 heteroatoms. The van der Waals surface area contributed by atoms with Gasteiger partial charge in [0.25, 0.3) is 0 Å². The van der Waals surface area contributed by atoms with Crippen molar-refractivity contribution in [2.24, 2.45) is 5.16 Å². The van der Waals surface area contributed by atoms with Gasteiger partial charge in [-0.15, -0.1) is 0 Å². The van der Waals surface area contributed by atoms with E-state index in [1.807, 2.05) is 0 Å². The topological polar surface area (TPSA) is 38.7 Å². The molecule has 1 atom stereocenters. The molecule has 3 nitrogen and oxygen atoms in total. The second-order valence-corrected chi connectivity index (χ2v) is 3.67. The van der Waals surface area contributed by atoms with Crippen molar-refractivity contribution in [2.75, 3.05) is 0 Å². The van der Waals surface area contributed by atoms with E-state index < -0.39 is 0 Å². The molecule has 0 heterocycles. The summed E-state index contributed by atoms with van der Waals surface area (Å²) >= 11 is 0. The Morgan fingerprint density at radius 1 is 1.33 bits per heavy atom. The van der Waals surface area contributed by atoms with Gasteiger partial charge in [0.1, 0.15) is 0 Å². The van der Waals surface area contributed by atoms with E-state index in [1.54, 1.807) is 13.1 Å². The van der Waals surface area contributed by atoms with E-state index in [2.05, 4.69) is 19.0 Å². The smallest absolute Gasteiger partial charge is 0.185 e. The number of hydrogen-bond donors (Lipinski definition) is 0. The Kier molecular flexibility index (Phi) is 9.13. The van der Waals surface area contributed by atoms with Crippen LogP contribution in [-0.2, 0) is 9.63 Å². The molecule has 0 saturated carbocycles. The van der Waals surface area contributed by atoms with Crippen LogP contribution in [0.2, 0.25) is 0 Å². The third-order valence-corrected chi connectivity index (χ3v) is 2.25. The molecule has 0 rings (SSSR count). The van der Waals surface area contributed by atoms with Crippen molar-refractivity contribution in [3.8, 4) is 0 Å². The zero-order chi connectivity index (χ0) is 11.5. The Morgan fingerprint density at radius 3 is 2.53 bits per heavy atom. The monoisotopic (exact) mass is 213 g/mol. The van der Waals surface area contributed by atoms with Gasteiger partial charge in [-0.2, -0.15) is 0 Å². The largest absolute Gasteiger partial charge is 0.385 e. The van der Waals surface area contributed by atoms with E-state index in [0.717, 1.165) is 32.1 Å². The molecule has 0 amide bonds. The molecular weight excluding hydrogens is 190 g/mol. The number of rotatable bonds is 9. The first-order valence-corrected chi connectivity index (χ1v) is 5.92. The van der Waals surface area contributed by atoms with Crippen molar-refractivity contribution in [2.45, 2.75) is 65.4 Å². The highest BCUT2D eigenvalue weighted by Gasteiger charge is 2.18. The molecule has 0 bridgehead atoms. The van der Waals surface area contributed by atoms with Crippen LogP contribution in [-0.4, -0.2) is 18.1 Å². The van der Waals surface area contributed by atoms with E-state index in [1.165, 1.54) is 0 Å². The van der Waals surface area contributed by atoms with Crippen molar-refractivity contribution in [3.63, 3.8) is 0 Å². The summed E-state index contributed by atoms with van der Waals surface area (Å²) in [4.78, 5) is 16.9. The van der Waals surface area contributed by atoms with Crippen LogP contribution in [0.3, 0.4) is 0 Å². The number of carbonyl (C=O) groups is 1. The predicted molar refractivity (Wildman–Crippen MR) is 63.1 cm³/mol. The van der Waals surface area contributed by atoms with Gasteiger partial charge >= 0.3 is 0 Å². The quantitative estimate of drug-likeness (QED) is 0.435. The molecule has 0 aliphatic carbocycles. The van der Waals surface area contributed by atoms with E-state index >= 15 is 0 Å². The molecule has 1 unspecified atom stereocenters. The molecule has 0 aromatic heterocycles. The van der Waals surface area contributed by atoms with Crippen molar-refractivity contribution in [1.29, 1.82) is 0 Å². The van der Waals surface area contributed by atoms with E-state index in [-0.39, 0.29) is 11.9 Å². The first kappa shape index (κ1) is 14.1. The van der Waals surface area contributed by atoms with Crippen LogP contribution in [0.25, 0.3) is 0 Å². The minimum Gasteiger partial charge on any atom is -0.385 e. The summed E-state index contributed by atoms with van der Waals surface area (Å²) in [6.45, 7) is 5.98. The molecule has 0 spiro atoms.